The van der Waals surface area contributed by atoms with Crippen molar-refractivity contribution in [2.45, 2.75) is 38.2 Å². The Hall–Kier alpha value is -0.940. The van der Waals surface area contributed by atoms with Gasteiger partial charge in [-0.15, -0.1) is 11.3 Å². The van der Waals surface area contributed by atoms with Gasteiger partial charge in [0.25, 0.3) is 0 Å². The first kappa shape index (κ1) is 11.5. The topological polar surface area (TPSA) is 59.4 Å². The highest BCUT2D eigenvalue weighted by molar-refractivity contribution is 7.09. The van der Waals surface area contributed by atoms with Crippen molar-refractivity contribution in [2.75, 3.05) is 6.61 Å². The average Bonchev–Trinajstić information content (AvgIpc) is 2.88. The number of aromatic nitrogens is 1. The van der Waals surface area contributed by atoms with Gasteiger partial charge in [0.1, 0.15) is 16.5 Å². The molecule has 2 rings (SSSR count). The third-order valence-corrected chi connectivity index (χ3v) is 3.84. The SMILES string of the molecule is CC(C)(C(=O)O)c1csc(C2CCCO2)n1. The molecule has 1 saturated heterocycles. The van der Waals surface area contributed by atoms with Crippen molar-refractivity contribution >= 4 is 17.3 Å². The molecule has 0 aliphatic carbocycles. The molecule has 0 saturated carbocycles. The van der Waals surface area contributed by atoms with Gasteiger partial charge in [0.2, 0.25) is 0 Å². The number of hydrogen-bond acceptors (Lipinski definition) is 4. The largest absolute Gasteiger partial charge is 0.481 e. The molecule has 88 valence electrons. The van der Waals surface area contributed by atoms with E-state index in [1.807, 2.05) is 5.38 Å². The van der Waals surface area contributed by atoms with Crippen LogP contribution in [0.15, 0.2) is 5.38 Å². The van der Waals surface area contributed by atoms with Gasteiger partial charge >= 0.3 is 5.97 Å². The molecule has 0 aromatic carbocycles. The summed E-state index contributed by atoms with van der Waals surface area (Å²) in [6, 6.07) is 0. The van der Waals surface area contributed by atoms with Crippen LogP contribution in [0.1, 0.15) is 43.5 Å². The number of thiazole rings is 1. The maximum Gasteiger partial charge on any atom is 0.315 e. The maximum absolute atomic E-state index is 11.1. The Kier molecular flexibility index (Phi) is 2.99. The molecule has 1 atom stereocenters. The van der Waals surface area contributed by atoms with Gasteiger partial charge in [-0.3, -0.25) is 4.79 Å². The quantitative estimate of drug-likeness (QED) is 0.882. The van der Waals surface area contributed by atoms with Gasteiger partial charge in [-0.05, 0) is 26.7 Å². The van der Waals surface area contributed by atoms with E-state index in [1.54, 1.807) is 13.8 Å². The highest BCUT2D eigenvalue weighted by Gasteiger charge is 2.33. The van der Waals surface area contributed by atoms with Crippen molar-refractivity contribution in [3.05, 3.63) is 16.1 Å². The van der Waals surface area contributed by atoms with E-state index in [-0.39, 0.29) is 6.10 Å². The second kappa shape index (κ2) is 4.14. The Balaban J connectivity index is 2.21. The van der Waals surface area contributed by atoms with Crippen LogP contribution in [0.4, 0.5) is 0 Å². The Bertz CT molecular complexity index is 394. The number of carboxylic acid groups (broad SMARTS) is 1. The Labute approximate surface area is 98.3 Å². The first-order valence-electron chi connectivity index (χ1n) is 5.32. The van der Waals surface area contributed by atoms with Crippen LogP contribution in [0.3, 0.4) is 0 Å². The fourth-order valence-corrected chi connectivity index (χ4v) is 2.67. The second-order valence-electron chi connectivity index (χ2n) is 4.50. The van der Waals surface area contributed by atoms with E-state index in [0.29, 0.717) is 5.69 Å². The van der Waals surface area contributed by atoms with Gasteiger partial charge in [-0.25, -0.2) is 4.98 Å². The number of hydrogen-bond donors (Lipinski definition) is 1. The van der Waals surface area contributed by atoms with Crippen LogP contribution in [0, 0.1) is 0 Å². The third-order valence-electron chi connectivity index (χ3n) is 2.90. The van der Waals surface area contributed by atoms with Crippen LogP contribution in [0.2, 0.25) is 0 Å². The van der Waals surface area contributed by atoms with Crippen molar-refractivity contribution < 1.29 is 14.6 Å². The summed E-state index contributed by atoms with van der Waals surface area (Å²) in [4.78, 5) is 15.5. The summed E-state index contributed by atoms with van der Waals surface area (Å²) < 4.78 is 5.53. The summed E-state index contributed by atoms with van der Waals surface area (Å²) >= 11 is 1.49. The molecule has 1 aliphatic heterocycles. The van der Waals surface area contributed by atoms with Crippen LogP contribution in [-0.4, -0.2) is 22.7 Å². The molecule has 1 aromatic rings. The van der Waals surface area contributed by atoms with E-state index in [4.69, 9.17) is 9.84 Å². The molecular formula is C11H15NO3S. The second-order valence-corrected chi connectivity index (χ2v) is 5.39. The fraction of sp³-hybridized carbons (Fsp3) is 0.636. The highest BCUT2D eigenvalue weighted by atomic mass is 32.1. The highest BCUT2D eigenvalue weighted by Crippen LogP contribution is 2.33. The minimum absolute atomic E-state index is 0.0725. The molecule has 0 bridgehead atoms. The summed E-state index contributed by atoms with van der Waals surface area (Å²) in [6.07, 6.45) is 2.12. The monoisotopic (exact) mass is 241 g/mol. The van der Waals surface area contributed by atoms with Gasteiger partial charge < -0.3 is 9.84 Å². The zero-order chi connectivity index (χ0) is 11.8. The standard InChI is InChI=1S/C11H15NO3S/c1-11(2,10(13)14)8-6-16-9(12-8)7-4-3-5-15-7/h6-7H,3-5H2,1-2H3,(H,13,14). The lowest BCUT2D eigenvalue weighted by molar-refractivity contribution is -0.142. The summed E-state index contributed by atoms with van der Waals surface area (Å²) in [6.45, 7) is 4.12. The van der Waals surface area contributed by atoms with Gasteiger partial charge in [-0.2, -0.15) is 0 Å². The maximum atomic E-state index is 11.1. The lowest BCUT2D eigenvalue weighted by Crippen LogP contribution is -2.28. The zero-order valence-electron chi connectivity index (χ0n) is 9.40. The molecular weight excluding hydrogens is 226 g/mol. The minimum Gasteiger partial charge on any atom is -0.481 e. The molecule has 2 heterocycles. The van der Waals surface area contributed by atoms with Crippen LogP contribution >= 0.6 is 11.3 Å². The van der Waals surface area contributed by atoms with E-state index in [2.05, 4.69) is 4.98 Å². The van der Waals surface area contributed by atoms with E-state index in [0.717, 1.165) is 24.5 Å². The Morgan fingerprint density at radius 3 is 3.00 bits per heavy atom. The summed E-state index contributed by atoms with van der Waals surface area (Å²) in [7, 11) is 0. The molecule has 1 aromatic heterocycles. The first-order chi connectivity index (χ1) is 7.51. The van der Waals surface area contributed by atoms with Crippen molar-refractivity contribution in [1.82, 2.24) is 4.98 Å². The van der Waals surface area contributed by atoms with Gasteiger partial charge in [0, 0.05) is 12.0 Å². The average molecular weight is 241 g/mol. The summed E-state index contributed by atoms with van der Waals surface area (Å²) in [5.74, 6) is -0.850. The zero-order valence-corrected chi connectivity index (χ0v) is 10.2. The number of nitrogens with zero attached hydrogens (tertiary/aromatic N) is 1. The van der Waals surface area contributed by atoms with E-state index in [1.165, 1.54) is 11.3 Å². The molecule has 1 aliphatic rings. The van der Waals surface area contributed by atoms with Gasteiger partial charge in [0.05, 0.1) is 5.69 Å². The van der Waals surface area contributed by atoms with E-state index >= 15 is 0 Å². The van der Waals surface area contributed by atoms with E-state index in [9.17, 15) is 4.79 Å². The molecule has 1 N–H and O–H groups in total. The molecule has 5 heteroatoms. The van der Waals surface area contributed by atoms with Crippen LogP contribution in [0.25, 0.3) is 0 Å². The van der Waals surface area contributed by atoms with Crippen LogP contribution < -0.4 is 0 Å². The number of ether oxygens (including phenoxy) is 1. The van der Waals surface area contributed by atoms with Crippen molar-refractivity contribution in [3.63, 3.8) is 0 Å². The predicted molar refractivity (Wildman–Crippen MR) is 60.7 cm³/mol. The lowest BCUT2D eigenvalue weighted by atomic mass is 9.90. The van der Waals surface area contributed by atoms with Gasteiger partial charge in [-0.1, -0.05) is 0 Å². The van der Waals surface area contributed by atoms with Crippen molar-refractivity contribution in [2.24, 2.45) is 0 Å². The Morgan fingerprint density at radius 2 is 2.44 bits per heavy atom. The minimum atomic E-state index is -0.923. The first-order valence-corrected chi connectivity index (χ1v) is 6.20. The summed E-state index contributed by atoms with van der Waals surface area (Å²) in [5.41, 5.74) is -0.302. The molecule has 1 fully saturated rings. The predicted octanol–water partition coefficient (Wildman–Crippen LogP) is 2.36. The number of carbonyl (C=O) groups is 1. The molecule has 0 amide bonds. The van der Waals surface area contributed by atoms with Crippen LogP contribution in [0.5, 0.6) is 0 Å². The normalized spacial score (nSPS) is 21.2. The molecule has 0 radical (unpaired) electrons. The smallest absolute Gasteiger partial charge is 0.315 e. The fourth-order valence-electron chi connectivity index (χ4n) is 1.60. The third kappa shape index (κ3) is 1.97. The lowest BCUT2D eigenvalue weighted by Gasteiger charge is -2.15. The van der Waals surface area contributed by atoms with Crippen molar-refractivity contribution in [1.29, 1.82) is 0 Å². The summed E-state index contributed by atoms with van der Waals surface area (Å²) in [5, 5.41) is 11.8. The number of rotatable bonds is 3. The Morgan fingerprint density at radius 1 is 1.69 bits per heavy atom. The van der Waals surface area contributed by atoms with Crippen LogP contribution in [-0.2, 0) is 14.9 Å². The molecule has 16 heavy (non-hydrogen) atoms. The molecule has 1 unspecified atom stereocenters. The van der Waals surface area contributed by atoms with Crippen molar-refractivity contribution in [3.8, 4) is 0 Å². The van der Waals surface area contributed by atoms with Gasteiger partial charge in [0.15, 0.2) is 0 Å². The number of carboxylic acids is 1. The molecule has 0 spiro atoms. The van der Waals surface area contributed by atoms with E-state index < -0.39 is 11.4 Å². The molecule has 4 nitrogen and oxygen atoms in total. The number of aliphatic carboxylic acids is 1.